The standard InChI is InChI=1S/C18H22ClN3O3S.ClH/c1-3-20-13(2)12-21-18(23)14-6-4-9-17(10-14)26(24,25)22-16-8-5-7-15(19)11-16;/h4-11,13,20,22H,3,12H2,1-2H3,(H,21,23);1H/t13-;/m1./s1. The summed E-state index contributed by atoms with van der Waals surface area (Å²) in [6, 6.07) is 12.4. The van der Waals surface area contributed by atoms with E-state index in [9.17, 15) is 13.2 Å². The minimum atomic E-state index is -3.83. The largest absolute Gasteiger partial charge is 0.350 e. The molecule has 148 valence electrons. The summed E-state index contributed by atoms with van der Waals surface area (Å²) in [6.07, 6.45) is 0. The van der Waals surface area contributed by atoms with Crippen molar-refractivity contribution in [3.8, 4) is 0 Å². The van der Waals surface area contributed by atoms with E-state index in [-0.39, 0.29) is 34.8 Å². The number of nitrogens with one attached hydrogen (secondary N) is 3. The monoisotopic (exact) mass is 431 g/mol. The molecule has 2 rings (SSSR count). The molecular formula is C18H23Cl2N3O3S. The second-order valence-corrected chi connectivity index (χ2v) is 7.93. The SMILES string of the molecule is CCN[C@H](C)CNC(=O)c1cccc(S(=O)(=O)Nc2cccc(Cl)c2)c1.Cl. The molecule has 0 heterocycles. The maximum atomic E-state index is 12.5. The van der Waals surface area contributed by atoms with Crippen molar-refractivity contribution < 1.29 is 13.2 Å². The van der Waals surface area contributed by atoms with Crippen molar-refractivity contribution in [3.63, 3.8) is 0 Å². The molecule has 1 amide bonds. The third kappa shape index (κ3) is 7.03. The van der Waals surface area contributed by atoms with Crippen LogP contribution in [0.2, 0.25) is 5.02 Å². The lowest BCUT2D eigenvalue weighted by atomic mass is 10.2. The number of hydrogen-bond acceptors (Lipinski definition) is 4. The number of amides is 1. The molecule has 0 saturated carbocycles. The van der Waals surface area contributed by atoms with E-state index in [0.717, 1.165) is 6.54 Å². The van der Waals surface area contributed by atoms with Gasteiger partial charge in [0, 0.05) is 23.2 Å². The highest BCUT2D eigenvalue weighted by Gasteiger charge is 2.17. The number of rotatable bonds is 8. The maximum absolute atomic E-state index is 12.5. The number of benzene rings is 2. The van der Waals surface area contributed by atoms with Gasteiger partial charge in [-0.25, -0.2) is 8.42 Å². The van der Waals surface area contributed by atoms with Gasteiger partial charge in [0.15, 0.2) is 0 Å². The minimum Gasteiger partial charge on any atom is -0.350 e. The summed E-state index contributed by atoms with van der Waals surface area (Å²) in [5, 5.41) is 6.40. The van der Waals surface area contributed by atoms with Gasteiger partial charge in [0.1, 0.15) is 0 Å². The fourth-order valence-electron chi connectivity index (χ4n) is 2.34. The van der Waals surface area contributed by atoms with Crippen LogP contribution in [0.1, 0.15) is 24.2 Å². The Balaban J connectivity index is 0.00000364. The molecule has 0 fully saturated rings. The van der Waals surface area contributed by atoms with Gasteiger partial charge >= 0.3 is 0 Å². The van der Waals surface area contributed by atoms with Crippen LogP contribution < -0.4 is 15.4 Å². The minimum absolute atomic E-state index is 0. The van der Waals surface area contributed by atoms with Gasteiger partial charge in [0.05, 0.1) is 10.6 Å². The second-order valence-electron chi connectivity index (χ2n) is 5.81. The molecule has 0 bridgehead atoms. The Kier molecular flexibility index (Phi) is 9.05. The van der Waals surface area contributed by atoms with Crippen LogP contribution in [0.15, 0.2) is 53.4 Å². The van der Waals surface area contributed by atoms with Crippen LogP contribution in [0.5, 0.6) is 0 Å². The van der Waals surface area contributed by atoms with E-state index >= 15 is 0 Å². The zero-order chi connectivity index (χ0) is 19.2. The first-order chi connectivity index (χ1) is 12.3. The van der Waals surface area contributed by atoms with Crippen LogP contribution in [0.3, 0.4) is 0 Å². The van der Waals surface area contributed by atoms with Crippen molar-refractivity contribution in [1.29, 1.82) is 0 Å². The Labute approximate surface area is 171 Å². The van der Waals surface area contributed by atoms with E-state index < -0.39 is 10.0 Å². The lowest BCUT2D eigenvalue weighted by Gasteiger charge is -2.14. The zero-order valence-electron chi connectivity index (χ0n) is 15.0. The molecule has 0 radical (unpaired) electrons. The molecule has 0 aliphatic carbocycles. The topological polar surface area (TPSA) is 87.3 Å². The van der Waals surface area contributed by atoms with E-state index in [1.807, 2.05) is 13.8 Å². The summed E-state index contributed by atoms with van der Waals surface area (Å²) in [5.74, 6) is -0.324. The normalized spacial score (nSPS) is 12.0. The zero-order valence-corrected chi connectivity index (χ0v) is 17.4. The van der Waals surface area contributed by atoms with Crippen LogP contribution in [-0.4, -0.2) is 33.5 Å². The number of sulfonamides is 1. The predicted molar refractivity (Wildman–Crippen MR) is 111 cm³/mol. The third-order valence-electron chi connectivity index (χ3n) is 3.60. The Morgan fingerprint density at radius 2 is 1.85 bits per heavy atom. The van der Waals surface area contributed by atoms with Crippen molar-refractivity contribution in [2.45, 2.75) is 24.8 Å². The highest BCUT2D eigenvalue weighted by atomic mass is 35.5. The van der Waals surface area contributed by atoms with Crippen molar-refractivity contribution >= 4 is 45.6 Å². The van der Waals surface area contributed by atoms with Crippen molar-refractivity contribution in [3.05, 3.63) is 59.1 Å². The van der Waals surface area contributed by atoms with Gasteiger partial charge in [-0.1, -0.05) is 30.7 Å². The lowest BCUT2D eigenvalue weighted by molar-refractivity contribution is 0.0950. The summed E-state index contributed by atoms with van der Waals surface area (Å²) in [7, 11) is -3.83. The average molecular weight is 432 g/mol. The summed E-state index contributed by atoms with van der Waals surface area (Å²) < 4.78 is 27.5. The van der Waals surface area contributed by atoms with Crippen molar-refractivity contribution in [1.82, 2.24) is 10.6 Å². The molecule has 0 aliphatic rings. The van der Waals surface area contributed by atoms with Crippen LogP contribution in [0.25, 0.3) is 0 Å². The molecule has 1 atom stereocenters. The van der Waals surface area contributed by atoms with E-state index in [4.69, 9.17) is 11.6 Å². The molecule has 0 aromatic heterocycles. The van der Waals surface area contributed by atoms with Gasteiger partial charge in [-0.3, -0.25) is 9.52 Å². The van der Waals surface area contributed by atoms with E-state index in [1.54, 1.807) is 24.3 Å². The number of carbonyl (C=O) groups is 1. The Hall–Kier alpha value is -1.80. The molecule has 0 spiro atoms. The van der Waals surface area contributed by atoms with Crippen LogP contribution in [0, 0.1) is 0 Å². The Morgan fingerprint density at radius 3 is 2.52 bits per heavy atom. The fourth-order valence-corrected chi connectivity index (χ4v) is 3.62. The molecule has 0 unspecified atom stereocenters. The molecule has 0 saturated heterocycles. The van der Waals surface area contributed by atoms with Gasteiger partial charge < -0.3 is 10.6 Å². The maximum Gasteiger partial charge on any atom is 0.261 e. The number of carbonyl (C=O) groups excluding carboxylic acids is 1. The summed E-state index contributed by atoms with van der Waals surface area (Å²) in [4.78, 5) is 12.3. The van der Waals surface area contributed by atoms with Crippen LogP contribution in [-0.2, 0) is 10.0 Å². The Bertz CT molecular complexity index is 876. The van der Waals surface area contributed by atoms with Crippen LogP contribution >= 0.6 is 24.0 Å². The van der Waals surface area contributed by atoms with Gasteiger partial charge in [-0.05, 0) is 49.9 Å². The average Bonchev–Trinajstić information content (AvgIpc) is 2.60. The van der Waals surface area contributed by atoms with E-state index in [1.165, 1.54) is 24.3 Å². The van der Waals surface area contributed by atoms with Crippen molar-refractivity contribution in [2.75, 3.05) is 17.8 Å². The predicted octanol–water partition coefficient (Wildman–Crippen LogP) is 3.29. The van der Waals surface area contributed by atoms with Gasteiger partial charge in [-0.15, -0.1) is 12.4 Å². The van der Waals surface area contributed by atoms with E-state index in [0.29, 0.717) is 17.3 Å². The quantitative estimate of drug-likeness (QED) is 0.598. The lowest BCUT2D eigenvalue weighted by Crippen LogP contribution is -2.38. The molecule has 9 heteroatoms. The smallest absolute Gasteiger partial charge is 0.261 e. The van der Waals surface area contributed by atoms with Gasteiger partial charge in [0.25, 0.3) is 15.9 Å². The van der Waals surface area contributed by atoms with Crippen LogP contribution in [0.4, 0.5) is 5.69 Å². The number of hydrogen-bond donors (Lipinski definition) is 3. The molecule has 3 N–H and O–H groups in total. The highest BCUT2D eigenvalue weighted by Crippen LogP contribution is 2.20. The molecule has 2 aromatic carbocycles. The summed E-state index contributed by atoms with van der Waals surface area (Å²) >= 11 is 5.88. The van der Waals surface area contributed by atoms with E-state index in [2.05, 4.69) is 15.4 Å². The molecule has 0 aliphatic heterocycles. The summed E-state index contributed by atoms with van der Waals surface area (Å²) in [5.41, 5.74) is 0.634. The first kappa shape index (κ1) is 23.2. The van der Waals surface area contributed by atoms with Gasteiger partial charge in [-0.2, -0.15) is 0 Å². The van der Waals surface area contributed by atoms with Gasteiger partial charge in [0.2, 0.25) is 0 Å². The number of anilines is 1. The molecular weight excluding hydrogens is 409 g/mol. The molecule has 27 heavy (non-hydrogen) atoms. The Morgan fingerprint density at radius 1 is 1.15 bits per heavy atom. The second kappa shape index (κ2) is 10.5. The molecule has 6 nitrogen and oxygen atoms in total. The first-order valence-corrected chi connectivity index (χ1v) is 10.1. The van der Waals surface area contributed by atoms with Crippen molar-refractivity contribution in [2.24, 2.45) is 0 Å². The molecule has 2 aromatic rings. The summed E-state index contributed by atoms with van der Waals surface area (Å²) in [6.45, 7) is 5.20. The first-order valence-electron chi connectivity index (χ1n) is 8.22. The highest BCUT2D eigenvalue weighted by molar-refractivity contribution is 7.92. The fraction of sp³-hybridized carbons (Fsp3) is 0.278. The number of likely N-dealkylation sites (N-methyl/N-ethyl adjacent to an activating group) is 1. The number of halogens is 2. The third-order valence-corrected chi connectivity index (χ3v) is 5.22.